The molecule has 1 aromatic heterocycles. The third-order valence-corrected chi connectivity index (χ3v) is 4.04. The van der Waals surface area contributed by atoms with Crippen molar-refractivity contribution in [2.45, 2.75) is 19.4 Å². The Bertz CT molecular complexity index is 279. The van der Waals surface area contributed by atoms with E-state index in [1.54, 1.807) is 6.26 Å². The Kier molecular flexibility index (Phi) is 2.98. The monoisotopic (exact) mass is 257 g/mol. The third kappa shape index (κ3) is 2.39. The van der Waals surface area contributed by atoms with Crippen molar-refractivity contribution in [3.8, 4) is 0 Å². The van der Waals surface area contributed by atoms with Crippen LogP contribution in [0.1, 0.15) is 18.6 Å². The molecule has 0 saturated heterocycles. The van der Waals surface area contributed by atoms with Gasteiger partial charge in [0, 0.05) is 11.9 Å². The van der Waals surface area contributed by atoms with Crippen molar-refractivity contribution in [3.63, 3.8) is 0 Å². The van der Waals surface area contributed by atoms with Gasteiger partial charge in [0.1, 0.15) is 5.76 Å². The van der Waals surface area contributed by atoms with Gasteiger partial charge in [0.05, 0.1) is 12.8 Å². The summed E-state index contributed by atoms with van der Waals surface area (Å²) >= 11 is 3.59. The molecule has 0 aliphatic heterocycles. The van der Waals surface area contributed by atoms with E-state index in [1.807, 2.05) is 12.1 Å². The quantitative estimate of drug-likeness (QED) is 0.755. The Morgan fingerprint density at radius 3 is 2.86 bits per heavy atom. The fourth-order valence-corrected chi connectivity index (χ4v) is 2.55. The van der Waals surface area contributed by atoms with E-state index in [9.17, 15) is 0 Å². The lowest BCUT2D eigenvalue weighted by Gasteiger charge is -2.20. The average Bonchev–Trinajstić information content (AvgIpc) is 2.74. The van der Waals surface area contributed by atoms with Crippen LogP contribution in [0.5, 0.6) is 0 Å². The van der Waals surface area contributed by atoms with Crippen molar-refractivity contribution < 1.29 is 4.42 Å². The highest BCUT2D eigenvalue weighted by molar-refractivity contribution is 9.09. The van der Waals surface area contributed by atoms with Crippen LogP contribution in [0.15, 0.2) is 22.8 Å². The van der Waals surface area contributed by atoms with E-state index in [0.29, 0.717) is 5.41 Å². The molecule has 14 heavy (non-hydrogen) atoms. The van der Waals surface area contributed by atoms with Gasteiger partial charge in [-0.2, -0.15) is 0 Å². The molecule has 1 aliphatic rings. The minimum atomic E-state index is 0.557. The molecule has 0 bridgehead atoms. The SMILES string of the molecule is CN(Cc1ccco1)CC1(CBr)CC1. The number of nitrogens with zero attached hydrogens (tertiary/aromatic N) is 1. The van der Waals surface area contributed by atoms with Crippen LogP contribution in [0, 0.1) is 5.41 Å². The number of halogens is 1. The first-order chi connectivity index (χ1) is 6.74. The Morgan fingerprint density at radius 1 is 1.57 bits per heavy atom. The van der Waals surface area contributed by atoms with Crippen LogP contribution >= 0.6 is 15.9 Å². The summed E-state index contributed by atoms with van der Waals surface area (Å²) in [6.45, 7) is 2.08. The smallest absolute Gasteiger partial charge is 0.117 e. The van der Waals surface area contributed by atoms with Crippen molar-refractivity contribution >= 4 is 15.9 Å². The summed E-state index contributed by atoms with van der Waals surface area (Å²) in [6, 6.07) is 3.98. The molecular weight excluding hydrogens is 242 g/mol. The van der Waals surface area contributed by atoms with Gasteiger partial charge in [0.2, 0.25) is 0 Å². The van der Waals surface area contributed by atoms with E-state index in [-0.39, 0.29) is 0 Å². The van der Waals surface area contributed by atoms with Crippen LogP contribution < -0.4 is 0 Å². The van der Waals surface area contributed by atoms with Crippen LogP contribution in [0.4, 0.5) is 0 Å². The van der Waals surface area contributed by atoms with Crippen molar-refractivity contribution in [2.24, 2.45) is 5.41 Å². The molecule has 2 rings (SSSR count). The zero-order valence-electron chi connectivity index (χ0n) is 8.50. The zero-order valence-corrected chi connectivity index (χ0v) is 10.1. The number of alkyl halides is 1. The maximum atomic E-state index is 5.32. The Labute approximate surface area is 93.4 Å². The molecule has 1 aliphatic carbocycles. The highest BCUT2D eigenvalue weighted by Crippen LogP contribution is 2.47. The summed E-state index contributed by atoms with van der Waals surface area (Å²) < 4.78 is 5.32. The van der Waals surface area contributed by atoms with Gasteiger partial charge in [-0.05, 0) is 37.4 Å². The third-order valence-electron chi connectivity index (χ3n) is 2.85. The van der Waals surface area contributed by atoms with Gasteiger partial charge in [0.15, 0.2) is 0 Å². The first-order valence-electron chi connectivity index (χ1n) is 5.01. The van der Waals surface area contributed by atoms with Crippen LogP contribution in [0.2, 0.25) is 0 Å². The average molecular weight is 258 g/mol. The van der Waals surface area contributed by atoms with E-state index >= 15 is 0 Å². The normalized spacial score (nSPS) is 18.8. The molecule has 0 amide bonds. The van der Waals surface area contributed by atoms with Gasteiger partial charge < -0.3 is 4.42 Å². The molecule has 78 valence electrons. The first kappa shape index (κ1) is 10.2. The maximum absolute atomic E-state index is 5.32. The summed E-state index contributed by atoms with van der Waals surface area (Å²) in [5.41, 5.74) is 0.557. The standard InChI is InChI=1S/C11H16BrNO/c1-13(7-10-3-2-6-14-10)9-11(8-12)4-5-11/h2-3,6H,4-5,7-9H2,1H3. The van der Waals surface area contributed by atoms with Gasteiger partial charge in [-0.25, -0.2) is 0 Å². The number of furan rings is 1. The minimum Gasteiger partial charge on any atom is -0.468 e. The fraction of sp³-hybridized carbons (Fsp3) is 0.636. The summed E-state index contributed by atoms with van der Waals surface area (Å²) in [5, 5.41) is 1.13. The van der Waals surface area contributed by atoms with Crippen LogP contribution in [-0.4, -0.2) is 23.8 Å². The predicted octanol–water partition coefficient (Wildman–Crippen LogP) is 2.89. The van der Waals surface area contributed by atoms with E-state index in [1.165, 1.54) is 19.4 Å². The van der Waals surface area contributed by atoms with E-state index in [2.05, 4.69) is 27.9 Å². The molecule has 2 nitrogen and oxygen atoms in total. The molecule has 1 saturated carbocycles. The van der Waals surface area contributed by atoms with Gasteiger partial charge in [-0.15, -0.1) is 0 Å². The zero-order chi connectivity index (χ0) is 10.0. The molecule has 3 heteroatoms. The molecule has 0 radical (unpaired) electrons. The van der Waals surface area contributed by atoms with Crippen molar-refractivity contribution in [2.75, 3.05) is 18.9 Å². The number of hydrogen-bond donors (Lipinski definition) is 0. The van der Waals surface area contributed by atoms with Gasteiger partial charge in [0.25, 0.3) is 0 Å². The molecular formula is C11H16BrNO. The lowest BCUT2D eigenvalue weighted by atomic mass is 10.1. The van der Waals surface area contributed by atoms with E-state index < -0.39 is 0 Å². The Hall–Kier alpha value is -0.280. The first-order valence-corrected chi connectivity index (χ1v) is 6.13. The largest absolute Gasteiger partial charge is 0.468 e. The van der Waals surface area contributed by atoms with Gasteiger partial charge in [-0.3, -0.25) is 4.90 Å². The summed E-state index contributed by atoms with van der Waals surface area (Å²) in [5.74, 6) is 1.05. The lowest BCUT2D eigenvalue weighted by Crippen LogP contribution is -2.27. The molecule has 0 spiro atoms. The highest BCUT2D eigenvalue weighted by Gasteiger charge is 2.42. The van der Waals surface area contributed by atoms with E-state index in [0.717, 1.165) is 17.6 Å². The van der Waals surface area contributed by atoms with Gasteiger partial charge >= 0.3 is 0 Å². The summed E-state index contributed by atoms with van der Waals surface area (Å²) in [7, 11) is 2.16. The second kappa shape index (κ2) is 4.07. The fourth-order valence-electron chi connectivity index (χ4n) is 1.81. The second-order valence-corrected chi connectivity index (χ2v) is 4.95. The molecule has 0 N–H and O–H groups in total. The summed E-state index contributed by atoms with van der Waals surface area (Å²) in [6.07, 6.45) is 4.46. The van der Waals surface area contributed by atoms with Crippen LogP contribution in [0.25, 0.3) is 0 Å². The summed E-state index contributed by atoms with van der Waals surface area (Å²) in [4.78, 5) is 2.34. The lowest BCUT2D eigenvalue weighted by molar-refractivity contribution is 0.250. The minimum absolute atomic E-state index is 0.557. The van der Waals surface area contributed by atoms with Gasteiger partial charge in [-0.1, -0.05) is 15.9 Å². The van der Waals surface area contributed by atoms with Crippen molar-refractivity contribution in [1.29, 1.82) is 0 Å². The molecule has 0 aromatic carbocycles. The maximum Gasteiger partial charge on any atom is 0.117 e. The highest BCUT2D eigenvalue weighted by atomic mass is 79.9. The topological polar surface area (TPSA) is 16.4 Å². The second-order valence-electron chi connectivity index (χ2n) is 4.39. The number of hydrogen-bond acceptors (Lipinski definition) is 2. The van der Waals surface area contributed by atoms with Crippen LogP contribution in [0.3, 0.4) is 0 Å². The Balaban J connectivity index is 1.82. The number of rotatable bonds is 5. The van der Waals surface area contributed by atoms with Crippen LogP contribution in [-0.2, 0) is 6.54 Å². The molecule has 0 unspecified atom stereocenters. The molecule has 1 heterocycles. The van der Waals surface area contributed by atoms with Crippen molar-refractivity contribution in [1.82, 2.24) is 4.90 Å². The molecule has 1 fully saturated rings. The van der Waals surface area contributed by atoms with Crippen molar-refractivity contribution in [3.05, 3.63) is 24.2 Å². The molecule has 0 atom stereocenters. The molecule has 1 aromatic rings. The predicted molar refractivity (Wildman–Crippen MR) is 60.5 cm³/mol. The van der Waals surface area contributed by atoms with E-state index in [4.69, 9.17) is 4.42 Å². The Morgan fingerprint density at radius 2 is 2.36 bits per heavy atom.